The van der Waals surface area contributed by atoms with Gasteiger partial charge in [-0.25, -0.2) is 13.4 Å². The van der Waals surface area contributed by atoms with Crippen molar-refractivity contribution in [2.75, 3.05) is 38.3 Å². The lowest BCUT2D eigenvalue weighted by molar-refractivity contribution is -0.117. The summed E-state index contributed by atoms with van der Waals surface area (Å²) in [4.78, 5) is 19.5. The second-order valence-corrected chi connectivity index (χ2v) is 10.3. The van der Waals surface area contributed by atoms with Crippen LogP contribution in [0.25, 0.3) is 0 Å². The lowest BCUT2D eigenvalue weighted by atomic mass is 10.1. The van der Waals surface area contributed by atoms with Crippen molar-refractivity contribution in [1.29, 1.82) is 0 Å². The average Bonchev–Trinajstić information content (AvgIpc) is 3.26. The number of morpholine rings is 1. The van der Waals surface area contributed by atoms with E-state index in [0.717, 1.165) is 5.69 Å². The van der Waals surface area contributed by atoms with Gasteiger partial charge in [0.15, 0.2) is 5.13 Å². The molecule has 0 saturated carbocycles. The molecular formula is C23H25N3O5S2. The van der Waals surface area contributed by atoms with Crippen molar-refractivity contribution in [1.82, 2.24) is 9.29 Å². The first-order valence-corrected chi connectivity index (χ1v) is 12.8. The van der Waals surface area contributed by atoms with Crippen LogP contribution in [0.4, 0.5) is 10.8 Å². The molecule has 1 aliphatic rings. The molecule has 0 unspecified atom stereocenters. The molecule has 3 aromatic rings. The number of para-hydroxylation sites is 1. The minimum Gasteiger partial charge on any atom is -0.495 e. The number of hydrogen-bond acceptors (Lipinski definition) is 7. The van der Waals surface area contributed by atoms with Crippen molar-refractivity contribution in [3.05, 3.63) is 65.2 Å². The van der Waals surface area contributed by atoms with Gasteiger partial charge >= 0.3 is 0 Å². The van der Waals surface area contributed by atoms with Gasteiger partial charge in [-0.2, -0.15) is 4.31 Å². The fourth-order valence-electron chi connectivity index (χ4n) is 3.59. The largest absolute Gasteiger partial charge is 0.495 e. The van der Waals surface area contributed by atoms with E-state index in [0.29, 0.717) is 29.6 Å². The summed E-state index contributed by atoms with van der Waals surface area (Å²) in [6, 6.07) is 14.1. The van der Waals surface area contributed by atoms with Crippen molar-refractivity contribution < 1.29 is 22.7 Å². The number of nitrogens with zero attached hydrogens (tertiary/aromatic N) is 3. The Labute approximate surface area is 197 Å². The number of rotatable bonds is 7. The van der Waals surface area contributed by atoms with Gasteiger partial charge in [0.05, 0.1) is 38.1 Å². The third-order valence-electron chi connectivity index (χ3n) is 5.23. The summed E-state index contributed by atoms with van der Waals surface area (Å²) in [5.74, 6) is 0.0311. The molecule has 33 heavy (non-hydrogen) atoms. The van der Waals surface area contributed by atoms with Crippen LogP contribution < -0.4 is 9.64 Å². The molecule has 10 heteroatoms. The number of methoxy groups -OCH3 is 1. The van der Waals surface area contributed by atoms with E-state index in [1.54, 1.807) is 17.0 Å². The second kappa shape index (κ2) is 10.0. The van der Waals surface area contributed by atoms with Gasteiger partial charge in [-0.05, 0) is 36.8 Å². The van der Waals surface area contributed by atoms with Crippen LogP contribution in [0.1, 0.15) is 11.3 Å². The van der Waals surface area contributed by atoms with Crippen LogP contribution in [-0.2, 0) is 26.0 Å². The molecule has 0 spiro atoms. The molecule has 1 saturated heterocycles. The fourth-order valence-corrected chi connectivity index (χ4v) is 6.05. The highest BCUT2D eigenvalue weighted by molar-refractivity contribution is 7.89. The maximum atomic E-state index is 13.4. The van der Waals surface area contributed by atoms with Gasteiger partial charge in [0.1, 0.15) is 10.6 Å². The van der Waals surface area contributed by atoms with Crippen LogP contribution in [0, 0.1) is 6.92 Å². The highest BCUT2D eigenvalue weighted by Gasteiger charge is 2.30. The summed E-state index contributed by atoms with van der Waals surface area (Å²) in [5, 5.41) is 2.46. The number of aryl methyl sites for hydroxylation is 1. The highest BCUT2D eigenvalue weighted by Crippen LogP contribution is 2.31. The lowest BCUT2D eigenvalue weighted by Crippen LogP contribution is -2.40. The van der Waals surface area contributed by atoms with E-state index < -0.39 is 10.0 Å². The van der Waals surface area contributed by atoms with Gasteiger partial charge in [-0.1, -0.05) is 24.3 Å². The minimum atomic E-state index is -3.79. The number of anilines is 2. The van der Waals surface area contributed by atoms with Crippen molar-refractivity contribution >= 4 is 38.1 Å². The molecule has 0 radical (unpaired) electrons. The van der Waals surface area contributed by atoms with Crippen molar-refractivity contribution in [3.63, 3.8) is 0 Å². The van der Waals surface area contributed by atoms with E-state index >= 15 is 0 Å². The molecule has 0 N–H and O–H groups in total. The van der Waals surface area contributed by atoms with E-state index in [2.05, 4.69) is 4.98 Å². The van der Waals surface area contributed by atoms with Crippen LogP contribution in [-0.4, -0.2) is 57.0 Å². The highest BCUT2D eigenvalue weighted by atomic mass is 32.2. The van der Waals surface area contributed by atoms with Crippen LogP contribution in [0.15, 0.2) is 58.8 Å². The maximum Gasteiger partial charge on any atom is 0.246 e. The van der Waals surface area contributed by atoms with Crippen molar-refractivity contribution in [3.8, 4) is 5.75 Å². The topological polar surface area (TPSA) is 89.0 Å². The Morgan fingerprint density at radius 1 is 1.18 bits per heavy atom. The smallest absolute Gasteiger partial charge is 0.246 e. The second-order valence-electron chi connectivity index (χ2n) is 7.51. The average molecular weight is 488 g/mol. The predicted octanol–water partition coefficient (Wildman–Crippen LogP) is 3.39. The van der Waals surface area contributed by atoms with Gasteiger partial charge in [-0.15, -0.1) is 11.3 Å². The molecule has 0 bridgehead atoms. The van der Waals surface area contributed by atoms with Gasteiger partial charge in [0.25, 0.3) is 0 Å². The van der Waals surface area contributed by atoms with E-state index in [1.807, 2.05) is 42.6 Å². The summed E-state index contributed by atoms with van der Waals surface area (Å²) in [6.07, 6.45) is 0.00312. The van der Waals surface area contributed by atoms with Crippen LogP contribution in [0.3, 0.4) is 0 Å². The summed E-state index contributed by atoms with van der Waals surface area (Å²) < 4.78 is 38.5. The molecule has 1 amide bonds. The van der Waals surface area contributed by atoms with Gasteiger partial charge in [0.2, 0.25) is 15.9 Å². The van der Waals surface area contributed by atoms with Crippen LogP contribution in [0.5, 0.6) is 5.75 Å². The summed E-state index contributed by atoms with van der Waals surface area (Å²) in [5.41, 5.74) is 2.10. The molecule has 8 nitrogen and oxygen atoms in total. The summed E-state index contributed by atoms with van der Waals surface area (Å²) in [6.45, 7) is 3.12. The normalized spacial score (nSPS) is 14.7. The molecule has 1 fully saturated rings. The molecule has 4 rings (SSSR count). The lowest BCUT2D eigenvalue weighted by Gasteiger charge is -2.27. The number of carbonyl (C=O) groups is 1. The maximum absolute atomic E-state index is 13.4. The Kier molecular flexibility index (Phi) is 7.08. The number of sulfonamides is 1. The van der Waals surface area contributed by atoms with Crippen molar-refractivity contribution in [2.45, 2.75) is 18.2 Å². The zero-order chi connectivity index (χ0) is 23.4. The number of amides is 1. The first-order chi connectivity index (χ1) is 15.9. The first-order valence-electron chi connectivity index (χ1n) is 10.4. The first kappa shape index (κ1) is 23.4. The van der Waals surface area contributed by atoms with Gasteiger partial charge in [-0.3, -0.25) is 9.69 Å². The third-order valence-corrected chi connectivity index (χ3v) is 8.10. The molecule has 2 heterocycles. The monoisotopic (exact) mass is 487 g/mol. The number of hydrogen-bond donors (Lipinski definition) is 0. The quantitative estimate of drug-likeness (QED) is 0.508. The standard InChI is InChI=1S/C23H25N3O5S2/c1-17-16-32-23(24-17)26(19-6-4-3-5-7-19)22(27)15-18-8-9-20(30-2)21(14-18)33(28,29)25-10-12-31-13-11-25/h3-9,14,16H,10-13,15H2,1-2H3. The van der Waals surface area contributed by atoms with E-state index in [4.69, 9.17) is 9.47 Å². The van der Waals surface area contributed by atoms with Crippen LogP contribution >= 0.6 is 11.3 Å². The number of ether oxygens (including phenoxy) is 2. The van der Waals surface area contributed by atoms with Gasteiger partial charge in [0, 0.05) is 18.5 Å². The van der Waals surface area contributed by atoms with Crippen LogP contribution in [0.2, 0.25) is 0 Å². The molecule has 2 aromatic carbocycles. The molecule has 1 aromatic heterocycles. The Bertz CT molecular complexity index is 1220. The molecular weight excluding hydrogens is 462 g/mol. The number of benzene rings is 2. The predicted molar refractivity (Wildman–Crippen MR) is 127 cm³/mol. The molecule has 174 valence electrons. The molecule has 1 aliphatic heterocycles. The number of carbonyl (C=O) groups excluding carboxylic acids is 1. The molecule has 0 aliphatic carbocycles. The van der Waals surface area contributed by atoms with E-state index in [1.165, 1.54) is 28.8 Å². The fraction of sp³-hybridized carbons (Fsp3) is 0.304. The number of aromatic nitrogens is 1. The Morgan fingerprint density at radius 2 is 1.91 bits per heavy atom. The van der Waals surface area contributed by atoms with Gasteiger partial charge < -0.3 is 9.47 Å². The Morgan fingerprint density at radius 3 is 2.55 bits per heavy atom. The van der Waals surface area contributed by atoms with E-state index in [-0.39, 0.29) is 36.1 Å². The summed E-state index contributed by atoms with van der Waals surface area (Å²) in [7, 11) is -2.36. The SMILES string of the molecule is COc1ccc(CC(=O)N(c2ccccc2)c2nc(C)cs2)cc1S(=O)(=O)N1CCOCC1. The zero-order valence-electron chi connectivity index (χ0n) is 18.4. The zero-order valence-corrected chi connectivity index (χ0v) is 20.1. The Hall–Kier alpha value is -2.79. The Balaban J connectivity index is 1.66. The minimum absolute atomic E-state index is 0.00312. The summed E-state index contributed by atoms with van der Waals surface area (Å²) >= 11 is 1.38. The number of thiazole rings is 1. The molecule has 0 atom stereocenters. The van der Waals surface area contributed by atoms with Crippen molar-refractivity contribution in [2.24, 2.45) is 0 Å². The van der Waals surface area contributed by atoms with E-state index in [9.17, 15) is 13.2 Å². The third kappa shape index (κ3) is 5.09.